The Morgan fingerprint density at radius 3 is 2.39 bits per heavy atom. The number of piperidine rings is 1. The van der Waals surface area contributed by atoms with Gasteiger partial charge in [-0.2, -0.15) is 0 Å². The molecule has 2 aliphatic heterocycles. The van der Waals surface area contributed by atoms with Gasteiger partial charge in [0, 0.05) is 45.3 Å². The van der Waals surface area contributed by atoms with Crippen LogP contribution >= 0.6 is 0 Å². The second-order valence-corrected chi connectivity index (χ2v) is 7.54. The van der Waals surface area contributed by atoms with E-state index in [1.165, 1.54) is 6.42 Å². The SMILES string of the molecule is C[C@H](C(=O)Nc1cc(F)ccc1F)N1CCN(CC(=O)N2CCCCC2)CC1. The zero-order valence-corrected chi connectivity index (χ0v) is 16.3. The van der Waals surface area contributed by atoms with Crippen LogP contribution in [0, 0.1) is 11.6 Å². The van der Waals surface area contributed by atoms with E-state index >= 15 is 0 Å². The number of halogens is 2. The predicted molar refractivity (Wildman–Crippen MR) is 103 cm³/mol. The molecule has 2 aliphatic rings. The Morgan fingerprint density at radius 2 is 1.71 bits per heavy atom. The summed E-state index contributed by atoms with van der Waals surface area (Å²) in [5.41, 5.74) is -0.150. The van der Waals surface area contributed by atoms with Crippen LogP contribution in [-0.2, 0) is 9.59 Å². The number of rotatable bonds is 5. The zero-order chi connectivity index (χ0) is 20.1. The number of hydrogen-bond donors (Lipinski definition) is 1. The van der Waals surface area contributed by atoms with E-state index in [1.807, 2.05) is 9.80 Å². The first-order chi connectivity index (χ1) is 13.4. The largest absolute Gasteiger partial charge is 0.342 e. The monoisotopic (exact) mass is 394 g/mol. The molecule has 1 aromatic carbocycles. The van der Waals surface area contributed by atoms with Gasteiger partial charge >= 0.3 is 0 Å². The molecule has 0 spiro atoms. The van der Waals surface area contributed by atoms with Crippen molar-refractivity contribution in [3.8, 4) is 0 Å². The van der Waals surface area contributed by atoms with Gasteiger partial charge in [0.25, 0.3) is 0 Å². The molecule has 2 heterocycles. The summed E-state index contributed by atoms with van der Waals surface area (Å²) in [5, 5.41) is 2.46. The fourth-order valence-corrected chi connectivity index (χ4v) is 3.74. The van der Waals surface area contributed by atoms with E-state index in [4.69, 9.17) is 0 Å². The van der Waals surface area contributed by atoms with E-state index in [1.54, 1.807) is 6.92 Å². The van der Waals surface area contributed by atoms with Crippen LogP contribution in [0.3, 0.4) is 0 Å². The molecule has 28 heavy (non-hydrogen) atoms. The number of likely N-dealkylation sites (tertiary alicyclic amines) is 1. The lowest BCUT2D eigenvalue weighted by Crippen LogP contribution is -2.54. The quantitative estimate of drug-likeness (QED) is 0.829. The van der Waals surface area contributed by atoms with Crippen molar-refractivity contribution < 1.29 is 18.4 Å². The minimum atomic E-state index is -0.664. The number of nitrogens with zero attached hydrogens (tertiary/aromatic N) is 3. The zero-order valence-electron chi connectivity index (χ0n) is 16.3. The highest BCUT2D eigenvalue weighted by molar-refractivity contribution is 5.94. The maximum Gasteiger partial charge on any atom is 0.241 e. The van der Waals surface area contributed by atoms with Crippen LogP contribution in [0.1, 0.15) is 26.2 Å². The minimum absolute atomic E-state index is 0.150. The van der Waals surface area contributed by atoms with Crippen LogP contribution < -0.4 is 5.32 Å². The standard InChI is InChI=1S/C20H28F2N4O2/c1-15(20(28)23-18-13-16(21)5-6-17(18)22)25-11-9-24(10-12-25)14-19(27)26-7-3-2-4-8-26/h5-6,13,15H,2-4,7-12,14H2,1H3,(H,23,28)/t15-/m1/s1. The second-order valence-electron chi connectivity index (χ2n) is 7.54. The molecule has 3 rings (SSSR count). The molecule has 0 saturated carbocycles. The van der Waals surface area contributed by atoms with Crippen molar-refractivity contribution in [1.29, 1.82) is 0 Å². The van der Waals surface area contributed by atoms with Crippen molar-refractivity contribution in [2.75, 3.05) is 51.1 Å². The summed E-state index contributed by atoms with van der Waals surface area (Å²) in [4.78, 5) is 30.9. The van der Waals surface area contributed by atoms with Crippen LogP contribution in [-0.4, -0.2) is 78.4 Å². The number of hydrogen-bond acceptors (Lipinski definition) is 4. The minimum Gasteiger partial charge on any atom is -0.342 e. The fraction of sp³-hybridized carbons (Fsp3) is 0.600. The van der Waals surface area contributed by atoms with Gasteiger partial charge in [0.1, 0.15) is 11.6 Å². The average Bonchev–Trinajstić information content (AvgIpc) is 2.71. The molecule has 1 atom stereocenters. The Kier molecular flexibility index (Phi) is 6.96. The predicted octanol–water partition coefficient (Wildman–Crippen LogP) is 1.92. The lowest BCUT2D eigenvalue weighted by molar-refractivity contribution is -0.134. The molecule has 2 fully saturated rings. The van der Waals surface area contributed by atoms with Gasteiger partial charge in [0.2, 0.25) is 11.8 Å². The molecule has 2 amide bonds. The Balaban J connectivity index is 1.46. The number of amides is 2. The highest BCUT2D eigenvalue weighted by Gasteiger charge is 2.28. The van der Waals surface area contributed by atoms with Gasteiger partial charge in [-0.15, -0.1) is 0 Å². The lowest BCUT2D eigenvalue weighted by atomic mass is 10.1. The van der Waals surface area contributed by atoms with Crippen molar-refractivity contribution in [3.63, 3.8) is 0 Å². The molecule has 0 radical (unpaired) electrons. The number of benzene rings is 1. The first kappa shape index (κ1) is 20.7. The van der Waals surface area contributed by atoms with E-state index < -0.39 is 17.7 Å². The fourth-order valence-electron chi connectivity index (χ4n) is 3.74. The van der Waals surface area contributed by atoms with Crippen LogP contribution in [0.15, 0.2) is 18.2 Å². The maximum absolute atomic E-state index is 13.7. The number of carbonyl (C=O) groups is 2. The molecule has 1 N–H and O–H groups in total. The van der Waals surface area contributed by atoms with E-state index in [2.05, 4.69) is 10.2 Å². The van der Waals surface area contributed by atoms with Crippen LogP contribution in [0.25, 0.3) is 0 Å². The summed E-state index contributed by atoms with van der Waals surface area (Å²) in [5.74, 6) is -1.46. The number of carbonyl (C=O) groups excluding carboxylic acids is 2. The highest BCUT2D eigenvalue weighted by atomic mass is 19.1. The third-order valence-corrected chi connectivity index (χ3v) is 5.59. The third kappa shape index (κ3) is 5.26. The normalized spacial score (nSPS) is 20.0. The van der Waals surface area contributed by atoms with Gasteiger partial charge in [-0.05, 0) is 38.3 Å². The summed E-state index contributed by atoms with van der Waals surface area (Å²) in [6.45, 7) is 6.57. The van der Waals surface area contributed by atoms with Gasteiger partial charge in [-0.25, -0.2) is 8.78 Å². The van der Waals surface area contributed by atoms with E-state index in [0.29, 0.717) is 32.7 Å². The molecule has 6 nitrogen and oxygen atoms in total. The topological polar surface area (TPSA) is 55.9 Å². The Hall–Kier alpha value is -2.06. The van der Waals surface area contributed by atoms with Crippen molar-refractivity contribution in [2.45, 2.75) is 32.2 Å². The Bertz CT molecular complexity index is 701. The summed E-state index contributed by atoms with van der Waals surface area (Å²) in [6.07, 6.45) is 3.36. The number of anilines is 1. The molecule has 0 bridgehead atoms. The van der Waals surface area contributed by atoms with E-state index in [-0.39, 0.29) is 17.5 Å². The summed E-state index contributed by atoms with van der Waals surface area (Å²) in [7, 11) is 0. The smallest absolute Gasteiger partial charge is 0.241 e. The van der Waals surface area contributed by atoms with Crippen molar-refractivity contribution >= 4 is 17.5 Å². The van der Waals surface area contributed by atoms with Crippen molar-refractivity contribution in [3.05, 3.63) is 29.8 Å². The lowest BCUT2D eigenvalue weighted by Gasteiger charge is -2.38. The molecule has 1 aromatic rings. The maximum atomic E-state index is 13.7. The van der Waals surface area contributed by atoms with E-state index in [9.17, 15) is 18.4 Å². The molecule has 8 heteroatoms. The molecule has 154 valence electrons. The molecule has 2 saturated heterocycles. The molecule has 0 aliphatic carbocycles. The van der Waals surface area contributed by atoms with Gasteiger partial charge in [0.05, 0.1) is 18.3 Å². The van der Waals surface area contributed by atoms with Gasteiger partial charge in [0.15, 0.2) is 0 Å². The van der Waals surface area contributed by atoms with Crippen LogP contribution in [0.4, 0.5) is 14.5 Å². The first-order valence-electron chi connectivity index (χ1n) is 9.94. The third-order valence-electron chi connectivity index (χ3n) is 5.59. The Labute approximate surface area is 164 Å². The van der Waals surface area contributed by atoms with E-state index in [0.717, 1.165) is 44.1 Å². The summed E-state index contributed by atoms with van der Waals surface area (Å²) >= 11 is 0. The molecular weight excluding hydrogens is 366 g/mol. The Morgan fingerprint density at radius 1 is 1.04 bits per heavy atom. The van der Waals surface area contributed by atoms with Crippen LogP contribution in [0.5, 0.6) is 0 Å². The van der Waals surface area contributed by atoms with Gasteiger partial charge in [-0.1, -0.05) is 0 Å². The van der Waals surface area contributed by atoms with Crippen LogP contribution in [0.2, 0.25) is 0 Å². The number of nitrogens with one attached hydrogen (secondary N) is 1. The van der Waals surface area contributed by atoms with Crippen molar-refractivity contribution in [2.24, 2.45) is 0 Å². The van der Waals surface area contributed by atoms with Gasteiger partial charge in [-0.3, -0.25) is 19.4 Å². The molecule has 0 aromatic heterocycles. The van der Waals surface area contributed by atoms with Gasteiger partial charge < -0.3 is 10.2 Å². The molecular formula is C20H28F2N4O2. The van der Waals surface area contributed by atoms with Crippen molar-refractivity contribution in [1.82, 2.24) is 14.7 Å². The molecule has 0 unspecified atom stereocenters. The average molecular weight is 394 g/mol. The highest BCUT2D eigenvalue weighted by Crippen LogP contribution is 2.17. The second kappa shape index (κ2) is 9.43. The summed E-state index contributed by atoms with van der Waals surface area (Å²) < 4.78 is 27.0. The summed E-state index contributed by atoms with van der Waals surface area (Å²) in [6, 6.07) is 2.51. The first-order valence-corrected chi connectivity index (χ1v) is 9.94. The number of piperazine rings is 1.